The van der Waals surface area contributed by atoms with Gasteiger partial charge >= 0.3 is 5.97 Å². The monoisotopic (exact) mass is 368 g/mol. The second kappa shape index (κ2) is 7.84. The lowest BCUT2D eigenvalue weighted by Gasteiger charge is -2.10. The number of hydrogen-bond acceptors (Lipinski definition) is 6. The number of esters is 1. The Balaban J connectivity index is 1.72. The summed E-state index contributed by atoms with van der Waals surface area (Å²) in [4.78, 5) is 19.9. The summed E-state index contributed by atoms with van der Waals surface area (Å²) in [5, 5.41) is 7.05. The maximum Gasteiger partial charge on any atom is 0.337 e. The number of methoxy groups -OCH3 is 1. The molecule has 0 aliphatic heterocycles. The summed E-state index contributed by atoms with van der Waals surface area (Å²) in [5.41, 5.74) is 3.13. The first-order valence-electron chi connectivity index (χ1n) is 7.86. The van der Waals surface area contributed by atoms with Gasteiger partial charge in [0.05, 0.1) is 12.7 Å². The number of halogens is 1. The average molecular weight is 369 g/mol. The van der Waals surface area contributed by atoms with Crippen LogP contribution in [0.15, 0.2) is 54.9 Å². The molecule has 7 heteroatoms. The standard InChI is InChI=1S/C19H17ClN4O2/c1-12-3-6-15(9-16(12)20)24-18-10-17(21-11-22-18)23-14-7-4-13(5-8-14)19(25)26-2/h3-11H,1-2H3,(H2,21,22,23,24). The fourth-order valence-electron chi connectivity index (χ4n) is 2.27. The summed E-state index contributed by atoms with van der Waals surface area (Å²) >= 11 is 6.15. The SMILES string of the molecule is COC(=O)c1ccc(Nc2cc(Nc3ccc(C)c(Cl)c3)ncn2)cc1. The second-order valence-corrected chi connectivity index (χ2v) is 5.98. The van der Waals surface area contributed by atoms with Crippen LogP contribution in [0.25, 0.3) is 0 Å². The normalized spacial score (nSPS) is 10.3. The third kappa shape index (κ3) is 4.29. The Labute approximate surface area is 156 Å². The Morgan fingerprint density at radius 3 is 2.19 bits per heavy atom. The molecule has 0 aliphatic carbocycles. The summed E-state index contributed by atoms with van der Waals surface area (Å²) in [5.74, 6) is 0.877. The molecule has 2 aromatic carbocycles. The van der Waals surface area contributed by atoms with Gasteiger partial charge in [0.2, 0.25) is 0 Å². The zero-order valence-corrected chi connectivity index (χ0v) is 15.0. The predicted octanol–water partition coefficient (Wildman–Crippen LogP) is 4.71. The number of carbonyl (C=O) groups is 1. The zero-order valence-electron chi connectivity index (χ0n) is 14.3. The Hall–Kier alpha value is -3.12. The first-order chi connectivity index (χ1) is 12.5. The molecule has 0 amide bonds. The summed E-state index contributed by atoms with van der Waals surface area (Å²) in [6.07, 6.45) is 1.46. The molecule has 26 heavy (non-hydrogen) atoms. The Bertz CT molecular complexity index is 929. The quantitative estimate of drug-likeness (QED) is 0.635. The highest BCUT2D eigenvalue weighted by molar-refractivity contribution is 6.31. The van der Waals surface area contributed by atoms with Crippen molar-refractivity contribution in [1.29, 1.82) is 0 Å². The van der Waals surface area contributed by atoms with Crippen molar-refractivity contribution in [1.82, 2.24) is 9.97 Å². The number of anilines is 4. The smallest absolute Gasteiger partial charge is 0.337 e. The van der Waals surface area contributed by atoms with Crippen LogP contribution in [-0.2, 0) is 4.74 Å². The number of aryl methyl sites for hydroxylation is 1. The van der Waals surface area contributed by atoms with Crippen molar-refractivity contribution >= 4 is 40.6 Å². The molecule has 0 atom stereocenters. The van der Waals surface area contributed by atoms with Gasteiger partial charge in [-0.15, -0.1) is 0 Å². The van der Waals surface area contributed by atoms with Crippen LogP contribution in [0.2, 0.25) is 5.02 Å². The Kier molecular flexibility index (Phi) is 5.34. The first-order valence-corrected chi connectivity index (χ1v) is 8.23. The number of benzene rings is 2. The van der Waals surface area contributed by atoms with Gasteiger partial charge in [-0.3, -0.25) is 0 Å². The van der Waals surface area contributed by atoms with E-state index in [1.165, 1.54) is 13.4 Å². The second-order valence-electron chi connectivity index (χ2n) is 5.57. The van der Waals surface area contributed by atoms with Gasteiger partial charge < -0.3 is 15.4 Å². The van der Waals surface area contributed by atoms with Gasteiger partial charge in [-0.25, -0.2) is 14.8 Å². The summed E-state index contributed by atoms with van der Waals surface area (Å²) in [6, 6.07) is 14.4. The molecule has 2 N–H and O–H groups in total. The molecule has 1 aromatic heterocycles. The summed E-state index contributed by atoms with van der Waals surface area (Å²) < 4.78 is 4.68. The van der Waals surface area contributed by atoms with Crippen LogP contribution in [0, 0.1) is 6.92 Å². The van der Waals surface area contributed by atoms with E-state index in [9.17, 15) is 4.79 Å². The van der Waals surface area contributed by atoms with Crippen LogP contribution in [0.1, 0.15) is 15.9 Å². The lowest BCUT2D eigenvalue weighted by Crippen LogP contribution is -2.01. The number of hydrogen-bond donors (Lipinski definition) is 2. The molecule has 3 rings (SSSR count). The van der Waals surface area contributed by atoms with Crippen LogP contribution in [0.5, 0.6) is 0 Å². The number of nitrogens with one attached hydrogen (secondary N) is 2. The third-order valence-corrected chi connectivity index (χ3v) is 4.10. The van der Waals surface area contributed by atoms with Crippen molar-refractivity contribution in [2.24, 2.45) is 0 Å². The predicted molar refractivity (Wildman–Crippen MR) is 103 cm³/mol. The van der Waals surface area contributed by atoms with Crippen molar-refractivity contribution in [3.8, 4) is 0 Å². The van der Waals surface area contributed by atoms with Gasteiger partial charge in [0, 0.05) is 22.5 Å². The van der Waals surface area contributed by atoms with E-state index in [4.69, 9.17) is 11.6 Å². The van der Waals surface area contributed by atoms with Gasteiger partial charge in [-0.05, 0) is 48.9 Å². The minimum Gasteiger partial charge on any atom is -0.465 e. The topological polar surface area (TPSA) is 76.1 Å². The molecule has 0 bridgehead atoms. The number of carbonyl (C=O) groups excluding carboxylic acids is 1. The highest BCUT2D eigenvalue weighted by atomic mass is 35.5. The Morgan fingerprint density at radius 2 is 1.58 bits per heavy atom. The largest absolute Gasteiger partial charge is 0.465 e. The molecule has 0 saturated carbocycles. The van der Waals surface area contributed by atoms with E-state index in [-0.39, 0.29) is 5.97 Å². The van der Waals surface area contributed by atoms with E-state index in [2.05, 4.69) is 25.3 Å². The van der Waals surface area contributed by atoms with Gasteiger partial charge in [0.1, 0.15) is 18.0 Å². The maximum atomic E-state index is 11.5. The molecule has 1 heterocycles. The molecular weight excluding hydrogens is 352 g/mol. The number of aromatic nitrogens is 2. The van der Waals surface area contributed by atoms with Gasteiger partial charge in [0.15, 0.2) is 0 Å². The molecular formula is C19H17ClN4O2. The molecule has 0 saturated heterocycles. The molecule has 0 aliphatic rings. The van der Waals surface area contributed by atoms with Crippen LogP contribution in [0.4, 0.5) is 23.0 Å². The fraction of sp³-hybridized carbons (Fsp3) is 0.105. The number of nitrogens with zero attached hydrogens (tertiary/aromatic N) is 2. The van der Waals surface area contributed by atoms with Crippen LogP contribution < -0.4 is 10.6 Å². The highest BCUT2D eigenvalue weighted by Gasteiger charge is 2.06. The van der Waals surface area contributed by atoms with Gasteiger partial charge in [0.25, 0.3) is 0 Å². The third-order valence-electron chi connectivity index (χ3n) is 3.69. The van der Waals surface area contributed by atoms with Crippen molar-refractivity contribution in [2.75, 3.05) is 17.7 Å². The molecule has 3 aromatic rings. The molecule has 0 unspecified atom stereocenters. The molecule has 132 valence electrons. The minimum absolute atomic E-state index is 0.373. The average Bonchev–Trinajstić information content (AvgIpc) is 2.65. The van der Waals surface area contributed by atoms with Crippen molar-refractivity contribution in [2.45, 2.75) is 6.92 Å². The van der Waals surface area contributed by atoms with E-state index in [0.29, 0.717) is 22.2 Å². The maximum absolute atomic E-state index is 11.5. The van der Waals surface area contributed by atoms with Gasteiger partial charge in [-0.1, -0.05) is 17.7 Å². The summed E-state index contributed by atoms with van der Waals surface area (Å²) in [6.45, 7) is 1.95. The van der Waals surface area contributed by atoms with E-state index < -0.39 is 0 Å². The Morgan fingerprint density at radius 1 is 0.962 bits per heavy atom. The van der Waals surface area contributed by atoms with Crippen LogP contribution >= 0.6 is 11.6 Å². The van der Waals surface area contributed by atoms with Crippen molar-refractivity contribution in [3.05, 3.63) is 71.0 Å². The van der Waals surface area contributed by atoms with E-state index in [1.807, 2.05) is 25.1 Å². The lowest BCUT2D eigenvalue weighted by molar-refractivity contribution is 0.0601. The molecule has 0 fully saturated rings. The zero-order chi connectivity index (χ0) is 18.5. The number of rotatable bonds is 5. The molecule has 0 radical (unpaired) electrons. The minimum atomic E-state index is -0.373. The van der Waals surface area contributed by atoms with Crippen LogP contribution in [-0.4, -0.2) is 23.0 Å². The van der Waals surface area contributed by atoms with Crippen LogP contribution in [0.3, 0.4) is 0 Å². The van der Waals surface area contributed by atoms with Crippen molar-refractivity contribution in [3.63, 3.8) is 0 Å². The fourth-order valence-corrected chi connectivity index (χ4v) is 2.45. The number of ether oxygens (including phenoxy) is 1. The van der Waals surface area contributed by atoms with E-state index >= 15 is 0 Å². The van der Waals surface area contributed by atoms with Crippen molar-refractivity contribution < 1.29 is 9.53 Å². The van der Waals surface area contributed by atoms with E-state index in [1.54, 1.807) is 30.3 Å². The van der Waals surface area contributed by atoms with Gasteiger partial charge in [-0.2, -0.15) is 0 Å². The van der Waals surface area contributed by atoms with E-state index in [0.717, 1.165) is 16.9 Å². The molecule has 0 spiro atoms. The summed E-state index contributed by atoms with van der Waals surface area (Å²) in [7, 11) is 1.35. The first kappa shape index (κ1) is 17.7. The highest BCUT2D eigenvalue weighted by Crippen LogP contribution is 2.23. The lowest BCUT2D eigenvalue weighted by atomic mass is 10.2. The molecule has 6 nitrogen and oxygen atoms in total.